The fraction of sp³-hybridized carbons (Fsp3) is 0.467. The van der Waals surface area contributed by atoms with Crippen LogP contribution < -0.4 is 10.1 Å². The van der Waals surface area contributed by atoms with E-state index in [1.54, 1.807) is 19.2 Å². The third-order valence-corrected chi connectivity index (χ3v) is 3.13. The summed E-state index contributed by atoms with van der Waals surface area (Å²) in [6.45, 7) is 4.29. The molecule has 20 heavy (non-hydrogen) atoms. The van der Waals surface area contributed by atoms with Crippen molar-refractivity contribution in [3.05, 3.63) is 29.3 Å². The average molecular weight is 279 g/mol. The van der Waals surface area contributed by atoms with Crippen molar-refractivity contribution in [1.29, 1.82) is 0 Å². The van der Waals surface area contributed by atoms with Gasteiger partial charge in [0.25, 0.3) is 5.91 Å². The van der Waals surface area contributed by atoms with Gasteiger partial charge in [-0.05, 0) is 37.0 Å². The lowest BCUT2D eigenvalue weighted by molar-refractivity contribution is -0.137. The van der Waals surface area contributed by atoms with Gasteiger partial charge in [-0.2, -0.15) is 0 Å². The molecule has 0 aliphatic heterocycles. The molecule has 0 heterocycles. The number of carboxylic acids is 1. The maximum Gasteiger partial charge on any atom is 0.303 e. The predicted octanol–water partition coefficient (Wildman–Crippen LogP) is 2.23. The molecule has 0 aliphatic carbocycles. The smallest absolute Gasteiger partial charge is 0.303 e. The molecule has 2 N–H and O–H groups in total. The van der Waals surface area contributed by atoms with E-state index in [9.17, 15) is 9.59 Å². The molecule has 1 aromatic rings. The predicted molar refractivity (Wildman–Crippen MR) is 76.1 cm³/mol. The first kappa shape index (κ1) is 16.0. The number of hydrogen-bond acceptors (Lipinski definition) is 3. The van der Waals surface area contributed by atoms with E-state index in [2.05, 4.69) is 5.32 Å². The molecular weight excluding hydrogens is 258 g/mol. The van der Waals surface area contributed by atoms with Crippen LogP contribution in [-0.4, -0.2) is 30.6 Å². The van der Waals surface area contributed by atoms with Gasteiger partial charge in [0, 0.05) is 18.5 Å². The van der Waals surface area contributed by atoms with Crippen LogP contribution in [0.15, 0.2) is 18.2 Å². The zero-order valence-electron chi connectivity index (χ0n) is 12.1. The van der Waals surface area contributed by atoms with Gasteiger partial charge in [0.2, 0.25) is 0 Å². The molecule has 0 fully saturated rings. The Morgan fingerprint density at radius 2 is 2.10 bits per heavy atom. The van der Waals surface area contributed by atoms with Gasteiger partial charge >= 0.3 is 5.97 Å². The second-order valence-corrected chi connectivity index (χ2v) is 4.93. The number of rotatable bonds is 7. The average Bonchev–Trinajstić information content (AvgIpc) is 2.42. The van der Waals surface area contributed by atoms with Gasteiger partial charge in [-0.3, -0.25) is 9.59 Å². The van der Waals surface area contributed by atoms with Crippen LogP contribution in [0.3, 0.4) is 0 Å². The molecule has 0 saturated heterocycles. The van der Waals surface area contributed by atoms with Gasteiger partial charge in [0.1, 0.15) is 5.75 Å². The molecule has 5 heteroatoms. The van der Waals surface area contributed by atoms with E-state index in [1.807, 2.05) is 19.9 Å². The molecule has 1 atom stereocenters. The SMILES string of the molecule is COc1cc(C(=O)NCC(C)CCC(=O)O)ccc1C. The molecule has 0 bridgehead atoms. The normalized spacial score (nSPS) is 11.8. The third kappa shape index (κ3) is 4.91. The van der Waals surface area contributed by atoms with Crippen molar-refractivity contribution in [3.63, 3.8) is 0 Å². The monoisotopic (exact) mass is 279 g/mol. The molecule has 0 aliphatic rings. The number of benzene rings is 1. The van der Waals surface area contributed by atoms with Crippen molar-refractivity contribution in [2.75, 3.05) is 13.7 Å². The van der Waals surface area contributed by atoms with Crippen molar-refractivity contribution in [1.82, 2.24) is 5.32 Å². The number of carbonyl (C=O) groups is 2. The molecule has 1 unspecified atom stereocenters. The summed E-state index contributed by atoms with van der Waals surface area (Å²) >= 11 is 0. The van der Waals surface area contributed by atoms with Crippen molar-refractivity contribution >= 4 is 11.9 Å². The second-order valence-electron chi connectivity index (χ2n) is 4.93. The van der Waals surface area contributed by atoms with Gasteiger partial charge in [-0.25, -0.2) is 0 Å². The third-order valence-electron chi connectivity index (χ3n) is 3.13. The summed E-state index contributed by atoms with van der Waals surface area (Å²) in [4.78, 5) is 22.4. The number of hydrogen-bond donors (Lipinski definition) is 2. The Balaban J connectivity index is 2.52. The highest BCUT2D eigenvalue weighted by molar-refractivity contribution is 5.94. The fourth-order valence-electron chi connectivity index (χ4n) is 1.80. The van der Waals surface area contributed by atoms with E-state index >= 15 is 0 Å². The second kappa shape index (κ2) is 7.53. The minimum atomic E-state index is -0.813. The first-order valence-electron chi connectivity index (χ1n) is 6.58. The van der Waals surface area contributed by atoms with Crippen LogP contribution >= 0.6 is 0 Å². The van der Waals surface area contributed by atoms with E-state index in [1.165, 1.54) is 0 Å². The van der Waals surface area contributed by atoms with Crippen LogP contribution in [0.25, 0.3) is 0 Å². The topological polar surface area (TPSA) is 75.6 Å². The standard InChI is InChI=1S/C15H21NO4/c1-10(4-7-14(17)18)9-16-15(19)12-6-5-11(2)13(8-12)20-3/h5-6,8,10H,4,7,9H2,1-3H3,(H,16,19)(H,17,18). The molecule has 5 nitrogen and oxygen atoms in total. The van der Waals surface area contributed by atoms with Gasteiger partial charge in [0.15, 0.2) is 0 Å². The zero-order valence-corrected chi connectivity index (χ0v) is 12.1. The van der Waals surface area contributed by atoms with Crippen molar-refractivity contribution < 1.29 is 19.4 Å². The first-order valence-corrected chi connectivity index (χ1v) is 6.58. The number of carboxylic acid groups (broad SMARTS) is 1. The van der Waals surface area contributed by atoms with Crippen LogP contribution in [0, 0.1) is 12.8 Å². The maximum atomic E-state index is 12.0. The maximum absolute atomic E-state index is 12.0. The number of amides is 1. The first-order chi connectivity index (χ1) is 9.43. The van der Waals surface area contributed by atoms with Crippen LogP contribution in [-0.2, 0) is 4.79 Å². The largest absolute Gasteiger partial charge is 0.496 e. The number of methoxy groups -OCH3 is 1. The van der Waals surface area contributed by atoms with Gasteiger partial charge in [-0.15, -0.1) is 0 Å². The highest BCUT2D eigenvalue weighted by Crippen LogP contribution is 2.18. The Kier molecular flexibility index (Phi) is 6.03. The minimum absolute atomic E-state index is 0.120. The van der Waals surface area contributed by atoms with Crippen LogP contribution in [0.2, 0.25) is 0 Å². The lowest BCUT2D eigenvalue weighted by atomic mass is 10.1. The molecule has 0 saturated carbocycles. The van der Waals surface area contributed by atoms with Crippen molar-refractivity contribution in [3.8, 4) is 5.75 Å². The van der Waals surface area contributed by atoms with Crippen LogP contribution in [0.1, 0.15) is 35.7 Å². The zero-order chi connectivity index (χ0) is 15.1. The molecule has 1 rings (SSSR count). The molecule has 110 valence electrons. The summed E-state index contributed by atoms with van der Waals surface area (Å²) in [6.07, 6.45) is 0.669. The molecule has 0 radical (unpaired) electrons. The summed E-state index contributed by atoms with van der Waals surface area (Å²) in [5.41, 5.74) is 1.51. The number of ether oxygens (including phenoxy) is 1. The molecule has 1 aromatic carbocycles. The fourth-order valence-corrected chi connectivity index (χ4v) is 1.80. The summed E-state index contributed by atoms with van der Waals surface area (Å²) in [5.74, 6) is -0.184. The van der Waals surface area contributed by atoms with Crippen LogP contribution in [0.4, 0.5) is 0 Å². The summed E-state index contributed by atoms with van der Waals surface area (Å²) in [5, 5.41) is 11.4. The van der Waals surface area contributed by atoms with E-state index in [0.29, 0.717) is 24.3 Å². The van der Waals surface area contributed by atoms with Crippen LogP contribution in [0.5, 0.6) is 5.75 Å². The Morgan fingerprint density at radius 1 is 1.40 bits per heavy atom. The summed E-state index contributed by atoms with van der Waals surface area (Å²) in [7, 11) is 1.57. The Hall–Kier alpha value is -2.04. The number of aryl methyl sites for hydroxylation is 1. The van der Waals surface area contributed by atoms with E-state index in [0.717, 1.165) is 5.56 Å². The van der Waals surface area contributed by atoms with Gasteiger partial charge in [-0.1, -0.05) is 13.0 Å². The quantitative estimate of drug-likeness (QED) is 0.802. The van der Waals surface area contributed by atoms with Gasteiger partial charge in [0.05, 0.1) is 7.11 Å². The highest BCUT2D eigenvalue weighted by atomic mass is 16.5. The lowest BCUT2D eigenvalue weighted by Gasteiger charge is -2.12. The van der Waals surface area contributed by atoms with E-state index in [-0.39, 0.29) is 18.2 Å². The number of aliphatic carboxylic acids is 1. The Labute approximate surface area is 118 Å². The van der Waals surface area contributed by atoms with E-state index in [4.69, 9.17) is 9.84 Å². The minimum Gasteiger partial charge on any atom is -0.496 e. The number of carbonyl (C=O) groups excluding carboxylic acids is 1. The molecular formula is C15H21NO4. The van der Waals surface area contributed by atoms with Crippen molar-refractivity contribution in [2.45, 2.75) is 26.7 Å². The molecule has 0 aromatic heterocycles. The van der Waals surface area contributed by atoms with Crippen molar-refractivity contribution in [2.24, 2.45) is 5.92 Å². The number of nitrogens with one attached hydrogen (secondary N) is 1. The highest BCUT2D eigenvalue weighted by Gasteiger charge is 2.11. The lowest BCUT2D eigenvalue weighted by Crippen LogP contribution is -2.28. The summed E-state index contributed by atoms with van der Waals surface area (Å²) < 4.78 is 5.18. The molecule has 0 spiro atoms. The van der Waals surface area contributed by atoms with E-state index < -0.39 is 5.97 Å². The molecule has 1 amide bonds. The van der Waals surface area contributed by atoms with Gasteiger partial charge < -0.3 is 15.2 Å². The Morgan fingerprint density at radius 3 is 2.70 bits per heavy atom. The Bertz CT molecular complexity index is 485. The summed E-state index contributed by atoms with van der Waals surface area (Å²) in [6, 6.07) is 5.28.